The lowest BCUT2D eigenvalue weighted by atomic mass is 9.89. The van der Waals surface area contributed by atoms with E-state index >= 15 is 0 Å². The molecule has 0 aliphatic heterocycles. The molecule has 0 radical (unpaired) electrons. The van der Waals surface area contributed by atoms with Crippen molar-refractivity contribution in [2.75, 3.05) is 18.1 Å². The second kappa shape index (κ2) is 5.87. The number of benzene rings is 1. The zero-order valence-corrected chi connectivity index (χ0v) is 12.3. The summed E-state index contributed by atoms with van der Waals surface area (Å²) in [5.41, 5.74) is 1.45. The van der Waals surface area contributed by atoms with Gasteiger partial charge in [-0.25, -0.2) is 4.79 Å². The first-order valence-electron chi connectivity index (χ1n) is 6.70. The van der Waals surface area contributed by atoms with E-state index in [1.165, 1.54) is 37.4 Å². The number of carboxylic acid groups (broad SMARTS) is 1. The number of carboxylic acids is 1. The van der Waals surface area contributed by atoms with Crippen molar-refractivity contribution in [3.8, 4) is 0 Å². The first kappa shape index (κ1) is 14.3. The van der Waals surface area contributed by atoms with Crippen molar-refractivity contribution in [1.29, 1.82) is 0 Å². The Morgan fingerprint density at radius 1 is 1.42 bits per heavy atom. The van der Waals surface area contributed by atoms with Crippen LogP contribution >= 0.6 is 11.8 Å². The van der Waals surface area contributed by atoms with Gasteiger partial charge in [0, 0.05) is 17.1 Å². The molecule has 0 unspecified atom stereocenters. The third-order valence-electron chi connectivity index (χ3n) is 3.98. The van der Waals surface area contributed by atoms with E-state index < -0.39 is 5.97 Å². The Morgan fingerprint density at radius 3 is 2.68 bits per heavy atom. The van der Waals surface area contributed by atoms with E-state index in [4.69, 9.17) is 0 Å². The minimum absolute atomic E-state index is 0.311. The Hall–Kier alpha value is -1.16. The van der Waals surface area contributed by atoms with E-state index in [0.29, 0.717) is 11.0 Å². The third-order valence-corrected chi connectivity index (χ3v) is 4.76. The quantitative estimate of drug-likeness (QED) is 0.797. The highest BCUT2D eigenvalue weighted by Crippen LogP contribution is 2.38. The fraction of sp³-hybridized carbons (Fsp3) is 0.533. The number of nitrogens with one attached hydrogen (secondary N) is 1. The third kappa shape index (κ3) is 3.24. The molecule has 1 aliphatic carbocycles. The zero-order chi connectivity index (χ0) is 13.9. The van der Waals surface area contributed by atoms with Crippen LogP contribution in [0.2, 0.25) is 0 Å². The van der Waals surface area contributed by atoms with Crippen LogP contribution in [-0.2, 0) is 0 Å². The number of hydrogen-bond acceptors (Lipinski definition) is 3. The average Bonchev–Trinajstić information content (AvgIpc) is 2.83. The summed E-state index contributed by atoms with van der Waals surface area (Å²) in [5.74, 6) is -0.857. The summed E-state index contributed by atoms with van der Waals surface area (Å²) >= 11 is 1.47. The topological polar surface area (TPSA) is 49.3 Å². The Labute approximate surface area is 118 Å². The summed E-state index contributed by atoms with van der Waals surface area (Å²) in [6.45, 7) is 3.14. The number of hydrogen-bond donors (Lipinski definition) is 2. The molecule has 4 heteroatoms. The SMILES string of the molecule is CSc1cccc(NCC2(C)CCCC2)c1C(=O)O. The number of rotatable bonds is 5. The molecular formula is C15H21NO2S. The number of aromatic carboxylic acids is 1. The molecule has 104 valence electrons. The summed E-state index contributed by atoms with van der Waals surface area (Å²) in [6.07, 6.45) is 6.93. The van der Waals surface area contributed by atoms with Crippen LogP contribution in [0.3, 0.4) is 0 Å². The highest BCUT2D eigenvalue weighted by Gasteiger charge is 2.28. The van der Waals surface area contributed by atoms with E-state index in [1.807, 2.05) is 24.5 Å². The fourth-order valence-corrected chi connectivity index (χ4v) is 3.40. The molecule has 0 spiro atoms. The van der Waals surface area contributed by atoms with Gasteiger partial charge < -0.3 is 10.4 Å². The van der Waals surface area contributed by atoms with Crippen LogP contribution in [0.4, 0.5) is 5.69 Å². The number of carbonyl (C=O) groups is 1. The van der Waals surface area contributed by atoms with Gasteiger partial charge in [0.25, 0.3) is 0 Å². The predicted molar refractivity (Wildman–Crippen MR) is 80.2 cm³/mol. The van der Waals surface area contributed by atoms with Crippen molar-refractivity contribution in [2.24, 2.45) is 5.41 Å². The molecule has 0 saturated heterocycles. The van der Waals surface area contributed by atoms with Crippen molar-refractivity contribution in [2.45, 2.75) is 37.5 Å². The van der Waals surface area contributed by atoms with Gasteiger partial charge in [-0.05, 0) is 36.6 Å². The largest absolute Gasteiger partial charge is 0.478 e. The predicted octanol–water partition coefficient (Wildman–Crippen LogP) is 4.10. The molecule has 0 atom stereocenters. The van der Waals surface area contributed by atoms with Crippen LogP contribution in [-0.4, -0.2) is 23.9 Å². The minimum Gasteiger partial charge on any atom is -0.478 e. The maximum absolute atomic E-state index is 11.4. The van der Waals surface area contributed by atoms with Crippen LogP contribution in [0.15, 0.2) is 23.1 Å². The second-order valence-corrected chi connectivity index (χ2v) is 6.41. The van der Waals surface area contributed by atoms with Crippen molar-refractivity contribution in [3.05, 3.63) is 23.8 Å². The molecule has 1 saturated carbocycles. The molecule has 1 aromatic carbocycles. The second-order valence-electron chi connectivity index (χ2n) is 5.56. The standard InChI is InChI=1S/C15H21NO2S/c1-15(8-3-4-9-15)10-16-11-6-5-7-12(19-2)13(11)14(17)18/h5-7,16H,3-4,8-10H2,1-2H3,(H,17,18). The Morgan fingerprint density at radius 2 is 2.11 bits per heavy atom. The van der Waals surface area contributed by atoms with Gasteiger partial charge in [0.2, 0.25) is 0 Å². The zero-order valence-electron chi connectivity index (χ0n) is 11.5. The number of anilines is 1. The summed E-state index contributed by atoms with van der Waals surface area (Å²) in [7, 11) is 0. The van der Waals surface area contributed by atoms with Gasteiger partial charge in [0.05, 0.1) is 5.56 Å². The van der Waals surface area contributed by atoms with Crippen molar-refractivity contribution >= 4 is 23.4 Å². The molecular weight excluding hydrogens is 258 g/mol. The summed E-state index contributed by atoms with van der Waals surface area (Å²) in [5, 5.41) is 12.7. The van der Waals surface area contributed by atoms with Crippen molar-refractivity contribution in [3.63, 3.8) is 0 Å². The van der Waals surface area contributed by atoms with Gasteiger partial charge in [-0.1, -0.05) is 25.8 Å². The van der Waals surface area contributed by atoms with Crippen molar-refractivity contribution < 1.29 is 9.90 Å². The molecule has 1 aromatic rings. The molecule has 0 bridgehead atoms. The molecule has 0 heterocycles. The normalized spacial score (nSPS) is 17.4. The van der Waals surface area contributed by atoms with E-state index in [-0.39, 0.29) is 0 Å². The van der Waals surface area contributed by atoms with Gasteiger partial charge in [-0.3, -0.25) is 0 Å². The average molecular weight is 279 g/mol. The lowest BCUT2D eigenvalue weighted by Crippen LogP contribution is -2.24. The van der Waals surface area contributed by atoms with Gasteiger partial charge in [0.1, 0.15) is 0 Å². The Bertz CT molecular complexity index is 467. The van der Waals surface area contributed by atoms with E-state index in [9.17, 15) is 9.90 Å². The molecule has 3 nitrogen and oxygen atoms in total. The summed E-state index contributed by atoms with van der Waals surface area (Å²) < 4.78 is 0. The van der Waals surface area contributed by atoms with Gasteiger partial charge in [-0.15, -0.1) is 11.8 Å². The molecule has 2 rings (SSSR count). The molecule has 19 heavy (non-hydrogen) atoms. The fourth-order valence-electron chi connectivity index (χ4n) is 2.78. The van der Waals surface area contributed by atoms with Crippen LogP contribution in [0.5, 0.6) is 0 Å². The first-order valence-corrected chi connectivity index (χ1v) is 7.92. The molecule has 1 aliphatic rings. The minimum atomic E-state index is -0.857. The molecule has 0 aromatic heterocycles. The molecule has 2 N–H and O–H groups in total. The summed E-state index contributed by atoms with van der Waals surface area (Å²) in [4.78, 5) is 12.2. The van der Waals surface area contributed by atoms with Crippen molar-refractivity contribution in [1.82, 2.24) is 0 Å². The maximum Gasteiger partial charge on any atom is 0.338 e. The van der Waals surface area contributed by atoms with Gasteiger partial charge >= 0.3 is 5.97 Å². The lowest BCUT2D eigenvalue weighted by molar-refractivity contribution is 0.0694. The van der Waals surface area contributed by atoms with Gasteiger partial charge in [-0.2, -0.15) is 0 Å². The highest BCUT2D eigenvalue weighted by atomic mass is 32.2. The maximum atomic E-state index is 11.4. The van der Waals surface area contributed by atoms with E-state index in [0.717, 1.165) is 17.1 Å². The lowest BCUT2D eigenvalue weighted by Gasteiger charge is -2.25. The Kier molecular flexibility index (Phi) is 4.40. The van der Waals surface area contributed by atoms with Crippen LogP contribution in [0.1, 0.15) is 43.0 Å². The summed E-state index contributed by atoms with van der Waals surface area (Å²) in [6, 6.07) is 5.63. The van der Waals surface area contributed by atoms with E-state index in [1.54, 1.807) is 0 Å². The molecule has 1 fully saturated rings. The van der Waals surface area contributed by atoms with Crippen LogP contribution in [0.25, 0.3) is 0 Å². The Balaban J connectivity index is 2.17. The smallest absolute Gasteiger partial charge is 0.338 e. The van der Waals surface area contributed by atoms with E-state index in [2.05, 4.69) is 12.2 Å². The van der Waals surface area contributed by atoms with Gasteiger partial charge in [0.15, 0.2) is 0 Å². The highest BCUT2D eigenvalue weighted by molar-refractivity contribution is 7.98. The number of thioether (sulfide) groups is 1. The monoisotopic (exact) mass is 279 g/mol. The van der Waals surface area contributed by atoms with Crippen LogP contribution in [0, 0.1) is 5.41 Å². The molecule has 0 amide bonds. The van der Waals surface area contributed by atoms with Crippen LogP contribution < -0.4 is 5.32 Å². The first-order chi connectivity index (χ1) is 9.06.